The predicted molar refractivity (Wildman–Crippen MR) is 117 cm³/mol. The van der Waals surface area contributed by atoms with Gasteiger partial charge in [-0.05, 0) is 76.3 Å². The van der Waals surface area contributed by atoms with Gasteiger partial charge in [-0.25, -0.2) is 0 Å². The summed E-state index contributed by atoms with van der Waals surface area (Å²) in [5, 5.41) is 0. The van der Waals surface area contributed by atoms with Gasteiger partial charge in [0.15, 0.2) is 0 Å². The van der Waals surface area contributed by atoms with Crippen LogP contribution in [0.25, 0.3) is 0 Å². The SMILES string of the molecule is CCO[Si](CCCOC1CCC(c2ccc(CC)cc2)CC1)(OCC)OCC. The van der Waals surface area contributed by atoms with Gasteiger partial charge in [-0.3, -0.25) is 0 Å². The van der Waals surface area contributed by atoms with Crippen molar-refractivity contribution < 1.29 is 18.0 Å². The van der Waals surface area contributed by atoms with Crippen molar-refractivity contribution in [3.63, 3.8) is 0 Å². The van der Waals surface area contributed by atoms with Crippen molar-refractivity contribution in [3.8, 4) is 0 Å². The van der Waals surface area contributed by atoms with Gasteiger partial charge in [0.2, 0.25) is 0 Å². The van der Waals surface area contributed by atoms with Crippen LogP contribution in [0.3, 0.4) is 0 Å². The van der Waals surface area contributed by atoms with E-state index in [4.69, 9.17) is 18.0 Å². The van der Waals surface area contributed by atoms with Crippen molar-refractivity contribution in [2.24, 2.45) is 0 Å². The van der Waals surface area contributed by atoms with Crippen LogP contribution >= 0.6 is 0 Å². The first-order chi connectivity index (χ1) is 13.7. The van der Waals surface area contributed by atoms with Gasteiger partial charge >= 0.3 is 8.80 Å². The van der Waals surface area contributed by atoms with E-state index in [2.05, 4.69) is 31.2 Å². The lowest BCUT2D eigenvalue weighted by molar-refractivity contribution is 0.0202. The average molecular weight is 409 g/mol. The van der Waals surface area contributed by atoms with Crippen LogP contribution < -0.4 is 0 Å². The molecule has 1 aromatic carbocycles. The van der Waals surface area contributed by atoms with Gasteiger partial charge in [0.1, 0.15) is 0 Å². The number of ether oxygens (including phenoxy) is 1. The summed E-state index contributed by atoms with van der Waals surface area (Å²) in [7, 11) is -2.53. The van der Waals surface area contributed by atoms with Crippen LogP contribution in [0.2, 0.25) is 6.04 Å². The molecule has 28 heavy (non-hydrogen) atoms. The van der Waals surface area contributed by atoms with E-state index in [0.29, 0.717) is 31.8 Å². The van der Waals surface area contributed by atoms with Crippen molar-refractivity contribution >= 4 is 8.80 Å². The highest BCUT2D eigenvalue weighted by atomic mass is 28.4. The molecule has 0 amide bonds. The fourth-order valence-electron chi connectivity index (χ4n) is 4.13. The van der Waals surface area contributed by atoms with E-state index in [-0.39, 0.29) is 0 Å². The molecule has 1 aromatic rings. The minimum atomic E-state index is -2.53. The summed E-state index contributed by atoms with van der Waals surface area (Å²) >= 11 is 0. The van der Waals surface area contributed by atoms with Gasteiger partial charge in [-0.1, -0.05) is 31.2 Å². The molecule has 0 aliphatic heterocycles. The Morgan fingerprint density at radius 2 is 1.39 bits per heavy atom. The van der Waals surface area contributed by atoms with Crippen molar-refractivity contribution in [3.05, 3.63) is 35.4 Å². The lowest BCUT2D eigenvalue weighted by atomic mass is 9.82. The summed E-state index contributed by atoms with van der Waals surface area (Å²) in [5.41, 5.74) is 2.92. The Morgan fingerprint density at radius 1 is 0.821 bits per heavy atom. The second kappa shape index (κ2) is 12.8. The first kappa shape index (κ1) is 23.6. The third kappa shape index (κ3) is 7.27. The van der Waals surface area contributed by atoms with Crippen molar-refractivity contribution in [2.75, 3.05) is 26.4 Å². The predicted octanol–water partition coefficient (Wildman–Crippen LogP) is 5.73. The second-order valence-corrected chi connectivity index (χ2v) is 10.3. The number of hydrogen-bond donors (Lipinski definition) is 0. The lowest BCUT2D eigenvalue weighted by Crippen LogP contribution is -2.46. The molecule has 0 N–H and O–H groups in total. The molecule has 0 radical (unpaired) electrons. The van der Waals surface area contributed by atoms with E-state index < -0.39 is 8.80 Å². The molecule has 0 unspecified atom stereocenters. The number of rotatable bonds is 13. The molecule has 160 valence electrons. The standard InChI is InChI=1S/C23H40O4Si/c1-5-20-10-12-21(13-11-20)22-14-16-23(17-15-22)24-18-9-19-28(25-6-2,26-7-3)27-8-4/h10-13,22-23H,5-9,14-19H2,1-4H3. The van der Waals surface area contributed by atoms with Gasteiger partial charge in [0.05, 0.1) is 6.10 Å². The van der Waals surface area contributed by atoms with E-state index in [1.165, 1.54) is 24.0 Å². The molecular formula is C23H40O4Si. The normalized spacial score (nSPS) is 20.4. The summed E-state index contributed by atoms with van der Waals surface area (Å²) in [6.07, 6.45) is 7.22. The first-order valence-electron chi connectivity index (χ1n) is 11.3. The van der Waals surface area contributed by atoms with E-state index in [9.17, 15) is 0 Å². The van der Waals surface area contributed by atoms with Crippen LogP contribution in [-0.2, 0) is 24.4 Å². The maximum absolute atomic E-state index is 6.19. The second-order valence-electron chi connectivity index (χ2n) is 7.53. The topological polar surface area (TPSA) is 36.9 Å². The molecule has 0 saturated heterocycles. The molecule has 1 fully saturated rings. The monoisotopic (exact) mass is 408 g/mol. The maximum atomic E-state index is 6.19. The minimum absolute atomic E-state index is 0.397. The van der Waals surface area contributed by atoms with Crippen LogP contribution in [0.1, 0.15) is 76.8 Å². The molecule has 0 aromatic heterocycles. The highest BCUT2D eigenvalue weighted by Crippen LogP contribution is 2.34. The average Bonchev–Trinajstić information content (AvgIpc) is 2.72. The zero-order valence-corrected chi connectivity index (χ0v) is 19.4. The van der Waals surface area contributed by atoms with Crippen LogP contribution in [-0.4, -0.2) is 41.3 Å². The summed E-state index contributed by atoms with van der Waals surface area (Å²) in [6.45, 7) is 10.9. The summed E-state index contributed by atoms with van der Waals surface area (Å²) in [4.78, 5) is 0. The van der Waals surface area contributed by atoms with Gasteiger partial charge < -0.3 is 18.0 Å². The molecule has 1 aliphatic carbocycles. The molecule has 5 heteroatoms. The molecule has 0 heterocycles. The quantitative estimate of drug-likeness (QED) is 0.308. The Hall–Kier alpha value is -0.723. The third-order valence-corrected chi connectivity index (χ3v) is 8.76. The Morgan fingerprint density at radius 3 is 1.89 bits per heavy atom. The van der Waals surface area contributed by atoms with Gasteiger partial charge in [-0.2, -0.15) is 0 Å². The molecule has 0 atom stereocenters. The smallest absolute Gasteiger partial charge is 0.378 e. The highest BCUT2D eigenvalue weighted by molar-refractivity contribution is 6.60. The lowest BCUT2D eigenvalue weighted by Gasteiger charge is -2.30. The fourth-order valence-corrected chi connectivity index (χ4v) is 6.71. The van der Waals surface area contributed by atoms with Gasteiger partial charge in [0.25, 0.3) is 0 Å². The fraction of sp³-hybridized carbons (Fsp3) is 0.739. The van der Waals surface area contributed by atoms with Crippen molar-refractivity contribution in [1.29, 1.82) is 0 Å². The van der Waals surface area contributed by atoms with Crippen molar-refractivity contribution in [1.82, 2.24) is 0 Å². The summed E-state index contributed by atoms with van der Waals surface area (Å²) in [6, 6.07) is 10.0. The van der Waals surface area contributed by atoms with E-state index in [1.54, 1.807) is 0 Å². The molecule has 0 bridgehead atoms. The number of benzene rings is 1. The molecule has 4 nitrogen and oxygen atoms in total. The zero-order chi connectivity index (χ0) is 20.2. The zero-order valence-electron chi connectivity index (χ0n) is 18.4. The Balaban J connectivity index is 1.71. The minimum Gasteiger partial charge on any atom is -0.378 e. The molecule has 0 spiro atoms. The Bertz CT molecular complexity index is 509. The highest BCUT2D eigenvalue weighted by Gasteiger charge is 2.39. The van der Waals surface area contributed by atoms with Gasteiger partial charge in [-0.15, -0.1) is 0 Å². The van der Waals surface area contributed by atoms with E-state index in [0.717, 1.165) is 38.3 Å². The van der Waals surface area contributed by atoms with E-state index in [1.807, 2.05) is 20.8 Å². The largest absolute Gasteiger partial charge is 0.501 e. The summed E-state index contributed by atoms with van der Waals surface area (Å²) < 4.78 is 24.0. The number of aryl methyl sites for hydroxylation is 1. The Labute approximate surface area is 173 Å². The number of hydrogen-bond acceptors (Lipinski definition) is 4. The van der Waals surface area contributed by atoms with Crippen molar-refractivity contribution in [2.45, 2.75) is 84.3 Å². The molecule has 2 rings (SSSR count). The van der Waals surface area contributed by atoms with Crippen LogP contribution in [0.5, 0.6) is 0 Å². The van der Waals surface area contributed by atoms with Crippen LogP contribution in [0, 0.1) is 0 Å². The van der Waals surface area contributed by atoms with Crippen LogP contribution in [0.4, 0.5) is 0 Å². The summed E-state index contributed by atoms with van der Waals surface area (Å²) in [5.74, 6) is 0.694. The van der Waals surface area contributed by atoms with Crippen LogP contribution in [0.15, 0.2) is 24.3 Å². The molecule has 1 aliphatic rings. The first-order valence-corrected chi connectivity index (χ1v) is 13.2. The third-order valence-electron chi connectivity index (χ3n) is 5.61. The molecular weight excluding hydrogens is 368 g/mol. The maximum Gasteiger partial charge on any atom is 0.501 e. The Kier molecular flexibility index (Phi) is 10.7. The molecule has 1 saturated carbocycles. The van der Waals surface area contributed by atoms with Gasteiger partial charge in [0, 0.05) is 32.5 Å². The van der Waals surface area contributed by atoms with E-state index >= 15 is 0 Å².